The van der Waals surface area contributed by atoms with Gasteiger partial charge in [-0.25, -0.2) is 0 Å². The molecule has 2 nitrogen and oxygen atoms in total. The van der Waals surface area contributed by atoms with Crippen LogP contribution in [-0.4, -0.2) is 13.7 Å². The van der Waals surface area contributed by atoms with Crippen molar-refractivity contribution in [1.29, 1.82) is 0 Å². The average molecular weight is 247 g/mol. The Labute approximate surface area is 111 Å². The van der Waals surface area contributed by atoms with Gasteiger partial charge in [0.2, 0.25) is 0 Å². The second-order valence-corrected chi connectivity index (χ2v) is 5.37. The van der Waals surface area contributed by atoms with Crippen LogP contribution >= 0.6 is 0 Å². The summed E-state index contributed by atoms with van der Waals surface area (Å²) in [7, 11) is 1.74. The van der Waals surface area contributed by atoms with E-state index < -0.39 is 0 Å². The second kappa shape index (κ2) is 7.55. The Kier molecular flexibility index (Phi) is 5.69. The van der Waals surface area contributed by atoms with Crippen molar-refractivity contribution in [3.05, 3.63) is 35.4 Å². The molecule has 1 aliphatic carbocycles. The van der Waals surface area contributed by atoms with Gasteiger partial charge < -0.3 is 10.1 Å². The Bertz CT molecular complexity index is 345. The summed E-state index contributed by atoms with van der Waals surface area (Å²) >= 11 is 0. The first kappa shape index (κ1) is 13.6. The molecule has 1 N–H and O–H groups in total. The van der Waals surface area contributed by atoms with Crippen LogP contribution in [0.2, 0.25) is 0 Å². The van der Waals surface area contributed by atoms with Crippen LogP contribution in [0.25, 0.3) is 0 Å². The third-order valence-electron chi connectivity index (χ3n) is 3.84. The molecular formula is C16H25NO. The van der Waals surface area contributed by atoms with Gasteiger partial charge in [-0.2, -0.15) is 0 Å². The highest BCUT2D eigenvalue weighted by Gasteiger charge is 2.13. The SMILES string of the molecule is COCc1cccc(CNCCC2CCCC2)c1. The fourth-order valence-corrected chi connectivity index (χ4v) is 2.83. The maximum Gasteiger partial charge on any atom is 0.0713 e. The lowest BCUT2D eigenvalue weighted by Crippen LogP contribution is -2.17. The minimum atomic E-state index is 0.704. The van der Waals surface area contributed by atoms with E-state index in [1.807, 2.05) is 0 Å². The van der Waals surface area contributed by atoms with Gasteiger partial charge in [-0.15, -0.1) is 0 Å². The molecule has 0 saturated heterocycles. The summed E-state index contributed by atoms with van der Waals surface area (Å²) in [5, 5.41) is 3.56. The maximum absolute atomic E-state index is 5.16. The molecule has 0 unspecified atom stereocenters. The Morgan fingerprint density at radius 2 is 2.00 bits per heavy atom. The van der Waals surface area contributed by atoms with Crippen LogP contribution in [0.3, 0.4) is 0 Å². The maximum atomic E-state index is 5.16. The van der Waals surface area contributed by atoms with Crippen molar-refractivity contribution in [1.82, 2.24) is 5.32 Å². The summed E-state index contributed by atoms with van der Waals surface area (Å²) < 4.78 is 5.16. The van der Waals surface area contributed by atoms with Crippen LogP contribution in [0.1, 0.15) is 43.2 Å². The van der Waals surface area contributed by atoms with E-state index in [1.165, 1.54) is 43.2 Å². The van der Waals surface area contributed by atoms with Crippen LogP contribution in [0, 0.1) is 5.92 Å². The summed E-state index contributed by atoms with van der Waals surface area (Å²) in [4.78, 5) is 0. The van der Waals surface area contributed by atoms with E-state index in [2.05, 4.69) is 29.6 Å². The van der Waals surface area contributed by atoms with Crippen LogP contribution in [-0.2, 0) is 17.9 Å². The minimum absolute atomic E-state index is 0.704. The Hall–Kier alpha value is -0.860. The third-order valence-corrected chi connectivity index (χ3v) is 3.84. The van der Waals surface area contributed by atoms with Gasteiger partial charge in [0.15, 0.2) is 0 Å². The van der Waals surface area contributed by atoms with Gasteiger partial charge in [0.05, 0.1) is 6.61 Å². The lowest BCUT2D eigenvalue weighted by Gasteiger charge is -2.10. The van der Waals surface area contributed by atoms with E-state index in [-0.39, 0.29) is 0 Å². The monoisotopic (exact) mass is 247 g/mol. The molecule has 2 heteroatoms. The molecular weight excluding hydrogens is 222 g/mol. The van der Waals surface area contributed by atoms with Crippen molar-refractivity contribution in [2.75, 3.05) is 13.7 Å². The number of nitrogens with one attached hydrogen (secondary N) is 1. The molecule has 1 aromatic carbocycles. The number of hydrogen-bond acceptors (Lipinski definition) is 2. The summed E-state index contributed by atoms with van der Waals surface area (Å²) in [6, 6.07) is 8.64. The first-order valence-corrected chi connectivity index (χ1v) is 7.16. The lowest BCUT2D eigenvalue weighted by molar-refractivity contribution is 0.185. The van der Waals surface area contributed by atoms with Gasteiger partial charge in [-0.1, -0.05) is 49.9 Å². The van der Waals surface area contributed by atoms with Crippen LogP contribution in [0.5, 0.6) is 0 Å². The van der Waals surface area contributed by atoms with Crippen molar-refractivity contribution < 1.29 is 4.74 Å². The van der Waals surface area contributed by atoms with E-state index in [9.17, 15) is 0 Å². The Morgan fingerprint density at radius 3 is 2.78 bits per heavy atom. The van der Waals surface area contributed by atoms with Gasteiger partial charge in [-0.05, 0) is 30.0 Å². The predicted octanol–water partition coefficient (Wildman–Crippen LogP) is 3.50. The van der Waals surface area contributed by atoms with Gasteiger partial charge in [0.1, 0.15) is 0 Å². The summed E-state index contributed by atoms with van der Waals surface area (Å²) in [5.74, 6) is 0.984. The van der Waals surface area contributed by atoms with Crippen molar-refractivity contribution >= 4 is 0 Å². The Morgan fingerprint density at radius 1 is 1.22 bits per heavy atom. The smallest absolute Gasteiger partial charge is 0.0713 e. The molecule has 1 saturated carbocycles. The second-order valence-electron chi connectivity index (χ2n) is 5.37. The topological polar surface area (TPSA) is 21.3 Å². The van der Waals surface area contributed by atoms with Crippen LogP contribution in [0.4, 0.5) is 0 Å². The van der Waals surface area contributed by atoms with E-state index in [0.29, 0.717) is 6.61 Å². The molecule has 18 heavy (non-hydrogen) atoms. The average Bonchev–Trinajstić information content (AvgIpc) is 2.89. The largest absolute Gasteiger partial charge is 0.380 e. The van der Waals surface area contributed by atoms with E-state index in [1.54, 1.807) is 7.11 Å². The predicted molar refractivity (Wildman–Crippen MR) is 75.4 cm³/mol. The highest BCUT2D eigenvalue weighted by Crippen LogP contribution is 2.26. The zero-order valence-electron chi connectivity index (χ0n) is 11.5. The zero-order chi connectivity index (χ0) is 12.6. The first-order valence-electron chi connectivity index (χ1n) is 7.16. The number of methoxy groups -OCH3 is 1. The number of benzene rings is 1. The highest BCUT2D eigenvalue weighted by molar-refractivity contribution is 5.22. The fraction of sp³-hybridized carbons (Fsp3) is 0.625. The molecule has 0 atom stereocenters. The summed E-state index contributed by atoms with van der Waals surface area (Å²) in [6.07, 6.45) is 7.14. The number of ether oxygens (including phenoxy) is 1. The molecule has 0 aliphatic heterocycles. The molecule has 0 radical (unpaired) electrons. The lowest BCUT2D eigenvalue weighted by atomic mass is 10.0. The standard InChI is InChI=1S/C16H25NO/c1-18-13-16-8-4-7-15(11-16)12-17-10-9-14-5-2-3-6-14/h4,7-8,11,14,17H,2-3,5-6,9-10,12-13H2,1H3. The van der Waals surface area contributed by atoms with Crippen molar-refractivity contribution in [3.63, 3.8) is 0 Å². The van der Waals surface area contributed by atoms with Crippen molar-refractivity contribution in [2.24, 2.45) is 5.92 Å². The minimum Gasteiger partial charge on any atom is -0.380 e. The normalized spacial score (nSPS) is 16.3. The summed E-state index contributed by atoms with van der Waals surface area (Å²) in [6.45, 7) is 2.83. The van der Waals surface area contributed by atoms with Gasteiger partial charge >= 0.3 is 0 Å². The molecule has 2 rings (SSSR count). The third kappa shape index (κ3) is 4.43. The first-order chi connectivity index (χ1) is 8.88. The van der Waals surface area contributed by atoms with Gasteiger partial charge in [0, 0.05) is 13.7 Å². The highest BCUT2D eigenvalue weighted by atomic mass is 16.5. The van der Waals surface area contributed by atoms with E-state index in [4.69, 9.17) is 4.74 Å². The summed E-state index contributed by atoms with van der Waals surface area (Å²) in [5.41, 5.74) is 2.61. The molecule has 0 aromatic heterocycles. The van der Waals surface area contributed by atoms with Gasteiger partial charge in [-0.3, -0.25) is 0 Å². The molecule has 0 spiro atoms. The van der Waals surface area contributed by atoms with Crippen LogP contribution in [0.15, 0.2) is 24.3 Å². The molecule has 100 valence electrons. The molecule has 1 aliphatic rings. The van der Waals surface area contributed by atoms with Crippen molar-refractivity contribution in [3.8, 4) is 0 Å². The van der Waals surface area contributed by atoms with E-state index in [0.717, 1.165) is 19.0 Å². The fourth-order valence-electron chi connectivity index (χ4n) is 2.83. The van der Waals surface area contributed by atoms with Crippen molar-refractivity contribution in [2.45, 2.75) is 45.3 Å². The Balaban J connectivity index is 1.67. The molecule has 0 amide bonds. The zero-order valence-corrected chi connectivity index (χ0v) is 11.5. The van der Waals surface area contributed by atoms with E-state index >= 15 is 0 Å². The van der Waals surface area contributed by atoms with Crippen LogP contribution < -0.4 is 5.32 Å². The molecule has 0 heterocycles. The molecule has 1 aromatic rings. The number of rotatable bonds is 7. The molecule has 1 fully saturated rings. The van der Waals surface area contributed by atoms with Gasteiger partial charge in [0.25, 0.3) is 0 Å². The number of hydrogen-bond donors (Lipinski definition) is 1. The quantitative estimate of drug-likeness (QED) is 0.745. The molecule has 0 bridgehead atoms.